The van der Waals surface area contributed by atoms with E-state index in [1.165, 1.54) is 5.56 Å². The summed E-state index contributed by atoms with van der Waals surface area (Å²) in [4.78, 5) is 11.3. The molecular formula is C12H18N2O. The number of hydrogen-bond donors (Lipinski definition) is 2. The van der Waals surface area contributed by atoms with Gasteiger partial charge in [0.15, 0.2) is 0 Å². The topological polar surface area (TPSA) is 55.1 Å². The molecule has 82 valence electrons. The number of nitrogens with one attached hydrogen (secondary N) is 1. The van der Waals surface area contributed by atoms with Gasteiger partial charge in [0.2, 0.25) is 5.91 Å². The highest BCUT2D eigenvalue weighted by Gasteiger charge is 2.28. The second-order valence-electron chi connectivity index (χ2n) is 4.11. The summed E-state index contributed by atoms with van der Waals surface area (Å²) in [5.41, 5.74) is 7.00. The van der Waals surface area contributed by atoms with Gasteiger partial charge in [0.25, 0.3) is 0 Å². The summed E-state index contributed by atoms with van der Waals surface area (Å²) in [5.74, 6) is -0.327. The predicted octanol–water partition coefficient (Wildman–Crippen LogP) is 1.00. The van der Waals surface area contributed by atoms with Gasteiger partial charge in [-0.15, -0.1) is 0 Å². The summed E-state index contributed by atoms with van der Waals surface area (Å²) >= 11 is 0. The number of benzene rings is 1. The third kappa shape index (κ3) is 2.80. The van der Waals surface area contributed by atoms with Gasteiger partial charge in [-0.25, -0.2) is 0 Å². The fourth-order valence-corrected chi connectivity index (χ4v) is 1.53. The molecule has 3 nitrogen and oxygen atoms in total. The van der Waals surface area contributed by atoms with Crippen molar-refractivity contribution in [3.8, 4) is 0 Å². The summed E-state index contributed by atoms with van der Waals surface area (Å²) in [7, 11) is 1.75. The lowest BCUT2D eigenvalue weighted by molar-refractivity contribution is -0.123. The molecule has 0 aliphatic heterocycles. The van der Waals surface area contributed by atoms with Gasteiger partial charge in [0, 0.05) is 0 Å². The Balaban J connectivity index is 2.89. The van der Waals surface area contributed by atoms with Crippen LogP contribution >= 0.6 is 0 Å². The van der Waals surface area contributed by atoms with E-state index in [1.54, 1.807) is 7.05 Å². The van der Waals surface area contributed by atoms with Gasteiger partial charge in [-0.1, -0.05) is 29.8 Å². The molecule has 0 saturated heterocycles. The van der Waals surface area contributed by atoms with Crippen molar-refractivity contribution in [3.63, 3.8) is 0 Å². The molecule has 15 heavy (non-hydrogen) atoms. The van der Waals surface area contributed by atoms with Crippen LogP contribution in [0, 0.1) is 6.92 Å². The lowest BCUT2D eigenvalue weighted by atomic mass is 9.92. The minimum atomic E-state index is -0.673. The van der Waals surface area contributed by atoms with E-state index in [-0.39, 0.29) is 5.91 Å². The Hall–Kier alpha value is -1.35. The largest absolute Gasteiger partial charge is 0.368 e. The molecule has 0 fully saturated rings. The first-order valence-corrected chi connectivity index (χ1v) is 5.02. The summed E-state index contributed by atoms with van der Waals surface area (Å²) in [6, 6.07) is 8.09. The fraction of sp³-hybridized carbons (Fsp3) is 0.417. The second kappa shape index (κ2) is 4.45. The van der Waals surface area contributed by atoms with E-state index in [9.17, 15) is 4.79 Å². The number of carbonyl (C=O) groups is 1. The molecule has 0 aliphatic carbocycles. The lowest BCUT2D eigenvalue weighted by Gasteiger charge is -2.25. The number of nitrogens with two attached hydrogens (primary N) is 1. The van der Waals surface area contributed by atoms with Gasteiger partial charge in [0.1, 0.15) is 0 Å². The Bertz CT molecular complexity index is 362. The number of primary amides is 1. The van der Waals surface area contributed by atoms with Gasteiger partial charge >= 0.3 is 0 Å². The molecule has 1 aromatic carbocycles. The molecule has 0 aromatic heterocycles. The van der Waals surface area contributed by atoms with Gasteiger partial charge in [-0.2, -0.15) is 0 Å². The van der Waals surface area contributed by atoms with Gasteiger partial charge in [-0.05, 0) is 32.9 Å². The van der Waals surface area contributed by atoms with Gasteiger partial charge in [-0.3, -0.25) is 4.79 Å². The quantitative estimate of drug-likeness (QED) is 0.772. The van der Waals surface area contributed by atoms with Crippen molar-refractivity contribution in [1.82, 2.24) is 5.32 Å². The SMILES string of the molecule is CNC(C)(Cc1cccc(C)c1)C(N)=O. The predicted molar refractivity (Wildman–Crippen MR) is 61.5 cm³/mol. The van der Waals surface area contributed by atoms with E-state index in [4.69, 9.17) is 5.73 Å². The molecule has 3 heteroatoms. The van der Waals surface area contributed by atoms with E-state index in [0.717, 1.165) is 5.56 Å². The van der Waals surface area contributed by atoms with Crippen LogP contribution in [-0.2, 0) is 11.2 Å². The van der Waals surface area contributed by atoms with Gasteiger partial charge < -0.3 is 11.1 Å². The number of rotatable bonds is 4. The van der Waals surface area contributed by atoms with Crippen LogP contribution in [0.4, 0.5) is 0 Å². The summed E-state index contributed by atoms with van der Waals surface area (Å²) < 4.78 is 0. The van der Waals surface area contributed by atoms with Crippen LogP contribution in [0.5, 0.6) is 0 Å². The van der Waals surface area contributed by atoms with Gasteiger partial charge in [0.05, 0.1) is 5.54 Å². The molecular weight excluding hydrogens is 188 g/mol. The van der Waals surface area contributed by atoms with Crippen LogP contribution in [0.25, 0.3) is 0 Å². The van der Waals surface area contributed by atoms with Crippen LogP contribution in [0.15, 0.2) is 24.3 Å². The maximum atomic E-state index is 11.3. The summed E-state index contributed by atoms with van der Waals surface area (Å²) in [5, 5.41) is 2.97. The monoisotopic (exact) mass is 206 g/mol. The van der Waals surface area contributed by atoms with Crippen LogP contribution in [0.3, 0.4) is 0 Å². The molecule has 3 N–H and O–H groups in total. The van der Waals surface area contributed by atoms with Crippen molar-refractivity contribution in [2.24, 2.45) is 5.73 Å². The molecule has 0 radical (unpaired) electrons. The van der Waals surface area contributed by atoms with Crippen LogP contribution < -0.4 is 11.1 Å². The maximum Gasteiger partial charge on any atom is 0.237 e. The van der Waals surface area contributed by atoms with Crippen molar-refractivity contribution < 1.29 is 4.79 Å². The standard InChI is InChI=1S/C12H18N2O/c1-9-5-4-6-10(7-9)8-12(2,14-3)11(13)15/h4-7,14H,8H2,1-3H3,(H2,13,15). The third-order valence-corrected chi connectivity index (χ3v) is 2.74. The lowest BCUT2D eigenvalue weighted by Crippen LogP contribution is -2.53. The van der Waals surface area contributed by atoms with Crippen LogP contribution in [-0.4, -0.2) is 18.5 Å². The molecule has 0 heterocycles. The molecule has 0 bridgehead atoms. The first-order valence-electron chi connectivity index (χ1n) is 5.02. The summed E-state index contributed by atoms with van der Waals surface area (Å²) in [6.45, 7) is 3.85. The number of likely N-dealkylation sites (N-methyl/N-ethyl adjacent to an activating group) is 1. The highest BCUT2D eigenvalue weighted by atomic mass is 16.1. The van der Waals surface area contributed by atoms with Crippen molar-refractivity contribution in [2.75, 3.05) is 7.05 Å². The first kappa shape index (κ1) is 11.7. The number of amides is 1. The Labute approximate surface area is 90.7 Å². The molecule has 1 amide bonds. The molecule has 1 rings (SSSR count). The third-order valence-electron chi connectivity index (χ3n) is 2.74. The Morgan fingerprint density at radius 1 is 1.53 bits per heavy atom. The van der Waals surface area contributed by atoms with E-state index in [2.05, 4.69) is 11.4 Å². The molecule has 0 saturated carbocycles. The van der Waals surface area contributed by atoms with Crippen LogP contribution in [0.1, 0.15) is 18.1 Å². The highest BCUT2D eigenvalue weighted by molar-refractivity contribution is 5.84. The smallest absolute Gasteiger partial charge is 0.237 e. The first-order chi connectivity index (χ1) is 6.98. The average molecular weight is 206 g/mol. The fourth-order valence-electron chi connectivity index (χ4n) is 1.53. The zero-order valence-corrected chi connectivity index (χ0v) is 9.50. The minimum absolute atomic E-state index is 0.327. The zero-order chi connectivity index (χ0) is 11.5. The molecule has 1 atom stereocenters. The van der Waals surface area contributed by atoms with E-state index in [1.807, 2.05) is 32.0 Å². The van der Waals surface area contributed by atoms with Crippen LogP contribution in [0.2, 0.25) is 0 Å². The van der Waals surface area contributed by atoms with E-state index in [0.29, 0.717) is 6.42 Å². The van der Waals surface area contributed by atoms with Crippen molar-refractivity contribution in [3.05, 3.63) is 35.4 Å². The molecule has 0 spiro atoms. The Morgan fingerprint density at radius 3 is 2.67 bits per heavy atom. The second-order valence-corrected chi connectivity index (χ2v) is 4.11. The van der Waals surface area contributed by atoms with Crippen molar-refractivity contribution in [1.29, 1.82) is 0 Å². The van der Waals surface area contributed by atoms with Crippen molar-refractivity contribution >= 4 is 5.91 Å². The number of hydrogen-bond acceptors (Lipinski definition) is 2. The highest BCUT2D eigenvalue weighted by Crippen LogP contribution is 2.13. The summed E-state index contributed by atoms with van der Waals surface area (Å²) in [6.07, 6.45) is 0.612. The Morgan fingerprint density at radius 2 is 2.20 bits per heavy atom. The normalized spacial score (nSPS) is 14.6. The minimum Gasteiger partial charge on any atom is -0.368 e. The Kier molecular flexibility index (Phi) is 3.48. The van der Waals surface area contributed by atoms with E-state index >= 15 is 0 Å². The number of carbonyl (C=O) groups excluding carboxylic acids is 1. The number of aryl methyl sites for hydroxylation is 1. The average Bonchev–Trinajstić information content (AvgIpc) is 2.17. The molecule has 1 aromatic rings. The van der Waals surface area contributed by atoms with Crippen molar-refractivity contribution in [2.45, 2.75) is 25.8 Å². The zero-order valence-electron chi connectivity index (χ0n) is 9.50. The molecule has 1 unspecified atom stereocenters. The van der Waals surface area contributed by atoms with E-state index < -0.39 is 5.54 Å². The molecule has 0 aliphatic rings. The maximum absolute atomic E-state index is 11.3.